The van der Waals surface area contributed by atoms with Gasteiger partial charge in [0.05, 0.1) is 0 Å². The van der Waals surface area contributed by atoms with Crippen molar-refractivity contribution in [1.82, 2.24) is 9.97 Å². The van der Waals surface area contributed by atoms with E-state index in [4.69, 9.17) is 0 Å². The molecule has 0 fully saturated rings. The van der Waals surface area contributed by atoms with Crippen molar-refractivity contribution in [3.05, 3.63) is 78.1 Å². The summed E-state index contributed by atoms with van der Waals surface area (Å²) in [6, 6.07) is 19.2. The molecule has 0 spiro atoms. The molecule has 0 bridgehead atoms. The van der Waals surface area contributed by atoms with Crippen LogP contribution in [0.15, 0.2) is 67.0 Å². The summed E-state index contributed by atoms with van der Waals surface area (Å²) in [5, 5.41) is 2.59. The molecule has 2 nitrogen and oxygen atoms in total. The van der Waals surface area contributed by atoms with Gasteiger partial charge in [0.2, 0.25) is 0 Å². The lowest BCUT2D eigenvalue weighted by Crippen LogP contribution is -1.87. The van der Waals surface area contributed by atoms with Crippen LogP contribution in [0.1, 0.15) is 11.1 Å². The molecule has 2 heterocycles. The lowest BCUT2D eigenvalue weighted by molar-refractivity contribution is 1.17. The Hall–Kier alpha value is -2.61. The highest BCUT2D eigenvalue weighted by Crippen LogP contribution is 2.26. The van der Waals surface area contributed by atoms with Gasteiger partial charge >= 0.3 is 0 Å². The van der Waals surface area contributed by atoms with Crippen molar-refractivity contribution in [2.75, 3.05) is 0 Å². The minimum absolute atomic E-state index is 0.942. The Morgan fingerprint density at radius 2 is 1.55 bits per heavy atom. The zero-order chi connectivity index (χ0) is 13.4. The number of nitrogens with zero attached hydrogens (tertiary/aromatic N) is 1. The number of hydrogen-bond acceptors (Lipinski definition) is 1. The molecule has 0 aliphatic carbocycles. The minimum atomic E-state index is 0.942. The predicted molar refractivity (Wildman–Crippen MR) is 82.8 cm³/mol. The molecular weight excluding hydrogens is 244 g/mol. The highest BCUT2D eigenvalue weighted by atomic mass is 14.7. The minimum Gasteiger partial charge on any atom is -0.355 e. The van der Waals surface area contributed by atoms with Crippen LogP contribution < -0.4 is 0 Å². The number of nitrogens with one attached hydrogen (secondary N) is 1. The van der Waals surface area contributed by atoms with Crippen molar-refractivity contribution < 1.29 is 0 Å². The fraction of sp³-hybridized carbons (Fsp3) is 0.0556. The maximum atomic E-state index is 4.06. The molecular formula is C18H14N2. The Morgan fingerprint density at radius 1 is 0.750 bits per heavy atom. The summed E-state index contributed by atoms with van der Waals surface area (Å²) in [6.07, 6.45) is 4.64. The molecule has 20 heavy (non-hydrogen) atoms. The van der Waals surface area contributed by atoms with Crippen molar-refractivity contribution >= 4 is 21.8 Å². The zero-order valence-corrected chi connectivity index (χ0v) is 11.0. The maximum absolute atomic E-state index is 4.06. The molecule has 0 saturated heterocycles. The van der Waals surface area contributed by atoms with Crippen molar-refractivity contribution in [1.29, 1.82) is 0 Å². The number of hydrogen-bond donors (Lipinski definition) is 1. The van der Waals surface area contributed by atoms with E-state index in [1.165, 1.54) is 32.9 Å². The highest BCUT2D eigenvalue weighted by molar-refractivity contribution is 6.07. The number of fused-ring (bicyclic) bond motifs is 3. The van der Waals surface area contributed by atoms with Gasteiger partial charge in [0, 0.05) is 34.2 Å². The number of rotatable bonds is 2. The largest absolute Gasteiger partial charge is 0.355 e. The molecule has 4 rings (SSSR count). The Morgan fingerprint density at radius 3 is 2.45 bits per heavy atom. The van der Waals surface area contributed by atoms with Gasteiger partial charge in [0.1, 0.15) is 0 Å². The first-order valence-corrected chi connectivity index (χ1v) is 6.78. The molecule has 1 N–H and O–H groups in total. The van der Waals surface area contributed by atoms with Crippen LogP contribution in [0.2, 0.25) is 0 Å². The van der Waals surface area contributed by atoms with E-state index in [2.05, 4.69) is 64.6 Å². The number of aromatic nitrogens is 2. The quantitative estimate of drug-likeness (QED) is 0.570. The molecule has 0 saturated carbocycles. The Bertz CT molecular complexity index is 876. The van der Waals surface area contributed by atoms with E-state index in [9.17, 15) is 0 Å². The molecule has 2 aromatic carbocycles. The van der Waals surface area contributed by atoms with E-state index in [1.54, 1.807) is 0 Å². The van der Waals surface area contributed by atoms with E-state index >= 15 is 0 Å². The Kier molecular flexibility index (Phi) is 2.52. The van der Waals surface area contributed by atoms with E-state index < -0.39 is 0 Å². The molecule has 0 amide bonds. The summed E-state index contributed by atoms with van der Waals surface area (Å²) >= 11 is 0. The predicted octanol–water partition coefficient (Wildman–Crippen LogP) is 4.31. The van der Waals surface area contributed by atoms with Crippen LogP contribution in [0.25, 0.3) is 21.8 Å². The van der Waals surface area contributed by atoms with Crippen LogP contribution in [0.3, 0.4) is 0 Å². The molecule has 0 atom stereocenters. The van der Waals surface area contributed by atoms with Crippen LogP contribution in [0, 0.1) is 0 Å². The summed E-state index contributed by atoms with van der Waals surface area (Å²) in [7, 11) is 0. The maximum Gasteiger partial charge on any atom is 0.0465 e. The lowest BCUT2D eigenvalue weighted by Gasteiger charge is -2.02. The summed E-state index contributed by atoms with van der Waals surface area (Å²) in [4.78, 5) is 7.52. The second kappa shape index (κ2) is 4.49. The van der Waals surface area contributed by atoms with Crippen LogP contribution in [-0.4, -0.2) is 9.97 Å². The molecule has 0 radical (unpaired) electrons. The number of pyridine rings is 1. The van der Waals surface area contributed by atoms with Crippen molar-refractivity contribution in [2.24, 2.45) is 0 Å². The van der Waals surface area contributed by atoms with Gasteiger partial charge < -0.3 is 4.98 Å². The molecule has 0 aliphatic heterocycles. The normalized spacial score (nSPS) is 11.2. The monoisotopic (exact) mass is 258 g/mol. The molecule has 4 aromatic rings. The fourth-order valence-corrected chi connectivity index (χ4v) is 2.74. The van der Waals surface area contributed by atoms with E-state index in [0.29, 0.717) is 0 Å². The third-order valence-electron chi connectivity index (χ3n) is 3.73. The van der Waals surface area contributed by atoms with Crippen molar-refractivity contribution in [3.8, 4) is 0 Å². The average molecular weight is 258 g/mol. The van der Waals surface area contributed by atoms with Gasteiger partial charge in [-0.3, -0.25) is 4.98 Å². The number of aromatic amines is 1. The Balaban J connectivity index is 1.83. The molecule has 96 valence electrons. The summed E-state index contributed by atoms with van der Waals surface area (Å²) in [5.74, 6) is 0. The van der Waals surface area contributed by atoms with Gasteiger partial charge in [0.25, 0.3) is 0 Å². The van der Waals surface area contributed by atoms with Crippen LogP contribution in [0.4, 0.5) is 0 Å². The molecule has 0 unspecified atom stereocenters. The number of benzene rings is 2. The third kappa shape index (κ3) is 1.86. The topological polar surface area (TPSA) is 28.7 Å². The second-order valence-electron chi connectivity index (χ2n) is 5.08. The first kappa shape index (κ1) is 11.2. The summed E-state index contributed by atoms with van der Waals surface area (Å²) in [5.41, 5.74) is 5.01. The lowest BCUT2D eigenvalue weighted by atomic mass is 10.0. The number of H-pyrrole nitrogens is 1. The van der Waals surface area contributed by atoms with Crippen molar-refractivity contribution in [2.45, 2.75) is 6.42 Å². The van der Waals surface area contributed by atoms with Crippen molar-refractivity contribution in [3.63, 3.8) is 0 Å². The van der Waals surface area contributed by atoms with E-state index in [0.717, 1.165) is 6.42 Å². The SMILES string of the molecule is c1ccc2c(c1)[nH]c1ccc(Cc3ccncc3)cc12. The van der Waals surface area contributed by atoms with Crippen LogP contribution in [0.5, 0.6) is 0 Å². The summed E-state index contributed by atoms with van der Waals surface area (Å²) < 4.78 is 0. The average Bonchev–Trinajstić information content (AvgIpc) is 2.86. The zero-order valence-electron chi connectivity index (χ0n) is 11.0. The van der Waals surface area contributed by atoms with Gasteiger partial charge in [-0.15, -0.1) is 0 Å². The van der Waals surface area contributed by atoms with Gasteiger partial charge in [-0.1, -0.05) is 24.3 Å². The first-order chi connectivity index (χ1) is 9.90. The van der Waals surface area contributed by atoms with Gasteiger partial charge in [0.15, 0.2) is 0 Å². The second-order valence-corrected chi connectivity index (χ2v) is 5.08. The number of para-hydroxylation sites is 1. The Labute approximate surface area is 117 Å². The van der Waals surface area contributed by atoms with Gasteiger partial charge in [-0.2, -0.15) is 0 Å². The van der Waals surface area contributed by atoms with Crippen LogP contribution in [-0.2, 0) is 6.42 Å². The van der Waals surface area contributed by atoms with Crippen LogP contribution >= 0.6 is 0 Å². The fourth-order valence-electron chi connectivity index (χ4n) is 2.74. The first-order valence-electron chi connectivity index (χ1n) is 6.78. The van der Waals surface area contributed by atoms with Gasteiger partial charge in [-0.25, -0.2) is 0 Å². The van der Waals surface area contributed by atoms with E-state index in [1.807, 2.05) is 12.4 Å². The standard InChI is InChI=1S/C18H14N2/c1-2-4-17-15(3-1)16-12-14(5-6-18(16)20-17)11-13-7-9-19-10-8-13/h1-10,12,20H,11H2. The highest BCUT2D eigenvalue weighted by Gasteiger charge is 2.04. The molecule has 0 aliphatic rings. The summed E-state index contributed by atoms with van der Waals surface area (Å²) in [6.45, 7) is 0. The molecule has 2 heteroatoms. The van der Waals surface area contributed by atoms with Gasteiger partial charge in [-0.05, 0) is 47.9 Å². The third-order valence-corrected chi connectivity index (χ3v) is 3.73. The van der Waals surface area contributed by atoms with E-state index in [-0.39, 0.29) is 0 Å². The smallest absolute Gasteiger partial charge is 0.0465 e. The molecule has 2 aromatic heterocycles.